The molecule has 1 heterocycles. The summed E-state index contributed by atoms with van der Waals surface area (Å²) in [6.45, 7) is 4.38. The first-order valence-electron chi connectivity index (χ1n) is 5.61. The van der Waals surface area contributed by atoms with Crippen molar-refractivity contribution in [2.45, 2.75) is 12.6 Å². The Morgan fingerprint density at radius 2 is 2.19 bits per heavy atom. The molecule has 0 spiro atoms. The zero-order chi connectivity index (χ0) is 11.2. The zero-order valence-corrected chi connectivity index (χ0v) is 9.96. The average molecular weight is 241 g/mol. The van der Waals surface area contributed by atoms with Gasteiger partial charge in [0.05, 0.1) is 13.2 Å². The van der Waals surface area contributed by atoms with E-state index in [0.717, 1.165) is 37.9 Å². The normalized spacial score (nSPS) is 20.9. The van der Waals surface area contributed by atoms with E-state index in [4.69, 9.17) is 16.3 Å². The fourth-order valence-electron chi connectivity index (χ4n) is 1.74. The maximum absolute atomic E-state index is 5.82. The summed E-state index contributed by atoms with van der Waals surface area (Å²) in [5.41, 5.74) is 1.25. The number of halogens is 1. The smallest absolute Gasteiger partial charge is 0.0632 e. The second-order valence-corrected chi connectivity index (χ2v) is 4.42. The van der Waals surface area contributed by atoms with Crippen LogP contribution < -0.4 is 10.6 Å². The molecule has 0 aliphatic carbocycles. The van der Waals surface area contributed by atoms with Crippen molar-refractivity contribution in [2.24, 2.45) is 0 Å². The number of hydrogen-bond acceptors (Lipinski definition) is 3. The van der Waals surface area contributed by atoms with Crippen LogP contribution in [0.4, 0.5) is 0 Å². The molecule has 16 heavy (non-hydrogen) atoms. The maximum atomic E-state index is 5.82. The first-order valence-corrected chi connectivity index (χ1v) is 5.99. The van der Waals surface area contributed by atoms with Crippen LogP contribution in [0, 0.1) is 0 Å². The van der Waals surface area contributed by atoms with Crippen LogP contribution in [0.5, 0.6) is 0 Å². The Morgan fingerprint density at radius 1 is 1.38 bits per heavy atom. The van der Waals surface area contributed by atoms with Crippen molar-refractivity contribution in [3.63, 3.8) is 0 Å². The van der Waals surface area contributed by atoms with Crippen LogP contribution in [0.3, 0.4) is 0 Å². The van der Waals surface area contributed by atoms with E-state index in [1.54, 1.807) is 0 Å². The molecule has 1 aromatic rings. The first kappa shape index (κ1) is 11.9. The maximum Gasteiger partial charge on any atom is 0.0632 e. The van der Waals surface area contributed by atoms with Gasteiger partial charge >= 0.3 is 0 Å². The van der Waals surface area contributed by atoms with E-state index in [2.05, 4.69) is 10.6 Å². The summed E-state index contributed by atoms with van der Waals surface area (Å²) in [6.07, 6.45) is 0. The Balaban J connectivity index is 1.69. The molecule has 0 radical (unpaired) electrons. The molecule has 1 atom stereocenters. The van der Waals surface area contributed by atoms with Gasteiger partial charge in [0.25, 0.3) is 0 Å². The highest BCUT2D eigenvalue weighted by atomic mass is 35.5. The number of benzene rings is 1. The SMILES string of the molecule is Clc1ccc(CNCC2COCCN2)cc1. The van der Waals surface area contributed by atoms with E-state index in [9.17, 15) is 0 Å². The molecule has 1 fully saturated rings. The van der Waals surface area contributed by atoms with Crippen LogP contribution in [-0.4, -0.2) is 32.3 Å². The van der Waals surface area contributed by atoms with E-state index in [-0.39, 0.29) is 0 Å². The van der Waals surface area contributed by atoms with Gasteiger partial charge < -0.3 is 15.4 Å². The Bertz CT molecular complexity index is 309. The standard InChI is InChI=1S/C12H17ClN2O/c13-11-3-1-10(2-4-11)7-14-8-12-9-16-6-5-15-12/h1-4,12,14-15H,5-9H2. The molecule has 2 rings (SSSR count). The van der Waals surface area contributed by atoms with Crippen LogP contribution in [-0.2, 0) is 11.3 Å². The van der Waals surface area contributed by atoms with Crippen molar-refractivity contribution >= 4 is 11.6 Å². The highest BCUT2D eigenvalue weighted by molar-refractivity contribution is 6.30. The van der Waals surface area contributed by atoms with Crippen molar-refractivity contribution in [1.29, 1.82) is 0 Å². The number of morpholine rings is 1. The number of ether oxygens (including phenoxy) is 1. The minimum absolute atomic E-state index is 0.432. The van der Waals surface area contributed by atoms with Crippen molar-refractivity contribution in [1.82, 2.24) is 10.6 Å². The van der Waals surface area contributed by atoms with Gasteiger partial charge in [-0.05, 0) is 17.7 Å². The summed E-state index contributed by atoms with van der Waals surface area (Å²) in [5.74, 6) is 0. The van der Waals surface area contributed by atoms with Crippen LogP contribution in [0.2, 0.25) is 5.02 Å². The van der Waals surface area contributed by atoms with Crippen molar-refractivity contribution in [2.75, 3.05) is 26.3 Å². The van der Waals surface area contributed by atoms with Crippen LogP contribution in [0.25, 0.3) is 0 Å². The predicted molar refractivity (Wildman–Crippen MR) is 65.8 cm³/mol. The third-order valence-corrected chi connectivity index (χ3v) is 2.88. The minimum atomic E-state index is 0.432. The molecule has 4 heteroatoms. The van der Waals surface area contributed by atoms with E-state index < -0.39 is 0 Å². The molecule has 1 aromatic carbocycles. The Morgan fingerprint density at radius 3 is 2.88 bits per heavy atom. The molecule has 88 valence electrons. The van der Waals surface area contributed by atoms with Crippen molar-refractivity contribution < 1.29 is 4.74 Å². The molecule has 2 N–H and O–H groups in total. The monoisotopic (exact) mass is 240 g/mol. The van der Waals surface area contributed by atoms with Crippen molar-refractivity contribution in [3.8, 4) is 0 Å². The zero-order valence-electron chi connectivity index (χ0n) is 9.21. The quantitative estimate of drug-likeness (QED) is 0.835. The summed E-state index contributed by atoms with van der Waals surface area (Å²) < 4.78 is 5.38. The van der Waals surface area contributed by atoms with Gasteiger partial charge in [0.2, 0.25) is 0 Å². The average Bonchev–Trinajstić information content (AvgIpc) is 2.33. The summed E-state index contributed by atoms with van der Waals surface area (Å²) in [6, 6.07) is 8.35. The van der Waals surface area contributed by atoms with Gasteiger partial charge in [0.1, 0.15) is 0 Å². The first-order chi connectivity index (χ1) is 7.84. The van der Waals surface area contributed by atoms with Gasteiger partial charge in [0.15, 0.2) is 0 Å². The fourth-order valence-corrected chi connectivity index (χ4v) is 1.87. The molecule has 1 aliphatic heterocycles. The van der Waals surface area contributed by atoms with Gasteiger partial charge in [-0.3, -0.25) is 0 Å². The molecular formula is C12H17ClN2O. The molecule has 1 unspecified atom stereocenters. The summed E-state index contributed by atoms with van der Waals surface area (Å²) >= 11 is 5.82. The lowest BCUT2D eigenvalue weighted by atomic mass is 10.2. The summed E-state index contributed by atoms with van der Waals surface area (Å²) in [4.78, 5) is 0. The second-order valence-electron chi connectivity index (χ2n) is 3.98. The van der Waals surface area contributed by atoms with Gasteiger partial charge in [-0.2, -0.15) is 0 Å². The summed E-state index contributed by atoms with van der Waals surface area (Å²) in [5, 5.41) is 7.59. The van der Waals surface area contributed by atoms with Crippen molar-refractivity contribution in [3.05, 3.63) is 34.9 Å². The lowest BCUT2D eigenvalue weighted by molar-refractivity contribution is 0.0766. The summed E-state index contributed by atoms with van der Waals surface area (Å²) in [7, 11) is 0. The topological polar surface area (TPSA) is 33.3 Å². The van der Waals surface area contributed by atoms with E-state index >= 15 is 0 Å². The van der Waals surface area contributed by atoms with Gasteiger partial charge in [-0.1, -0.05) is 23.7 Å². The van der Waals surface area contributed by atoms with E-state index in [1.807, 2.05) is 24.3 Å². The van der Waals surface area contributed by atoms with E-state index in [0.29, 0.717) is 6.04 Å². The third-order valence-electron chi connectivity index (χ3n) is 2.63. The Hall–Kier alpha value is -0.610. The van der Waals surface area contributed by atoms with Crippen LogP contribution >= 0.6 is 11.6 Å². The largest absolute Gasteiger partial charge is 0.378 e. The molecule has 0 bridgehead atoms. The molecule has 1 saturated heterocycles. The van der Waals surface area contributed by atoms with Crippen LogP contribution in [0.15, 0.2) is 24.3 Å². The number of nitrogens with one attached hydrogen (secondary N) is 2. The lowest BCUT2D eigenvalue weighted by Gasteiger charge is -2.24. The highest BCUT2D eigenvalue weighted by Gasteiger charge is 2.11. The fraction of sp³-hybridized carbons (Fsp3) is 0.500. The number of rotatable bonds is 4. The Kier molecular flexibility index (Phi) is 4.60. The second kappa shape index (κ2) is 6.21. The highest BCUT2D eigenvalue weighted by Crippen LogP contribution is 2.09. The van der Waals surface area contributed by atoms with Gasteiger partial charge in [-0.15, -0.1) is 0 Å². The minimum Gasteiger partial charge on any atom is -0.378 e. The molecular weight excluding hydrogens is 224 g/mol. The molecule has 0 amide bonds. The molecule has 3 nitrogen and oxygen atoms in total. The van der Waals surface area contributed by atoms with Gasteiger partial charge in [0, 0.05) is 30.7 Å². The molecule has 0 saturated carbocycles. The van der Waals surface area contributed by atoms with E-state index in [1.165, 1.54) is 5.56 Å². The lowest BCUT2D eigenvalue weighted by Crippen LogP contribution is -2.47. The van der Waals surface area contributed by atoms with Gasteiger partial charge in [-0.25, -0.2) is 0 Å². The Labute approximate surface area is 101 Å². The molecule has 1 aliphatic rings. The predicted octanol–water partition coefficient (Wildman–Crippen LogP) is 1.42. The molecule has 0 aromatic heterocycles. The third kappa shape index (κ3) is 3.76. The number of hydrogen-bond donors (Lipinski definition) is 2. The van der Waals surface area contributed by atoms with Crippen LogP contribution in [0.1, 0.15) is 5.56 Å².